The Kier molecular flexibility index (Phi) is 8.29. The van der Waals surface area contributed by atoms with E-state index >= 15 is 0 Å². The van der Waals surface area contributed by atoms with Gasteiger partial charge in [0.1, 0.15) is 0 Å². The number of nitrogens with zero attached hydrogens (tertiary/aromatic N) is 2. The molecular formula is C19H32ClN3O3S. The van der Waals surface area contributed by atoms with Crippen LogP contribution >= 0.6 is 12.4 Å². The molecule has 1 aromatic carbocycles. The lowest BCUT2D eigenvalue weighted by atomic mass is 9.86. The van der Waals surface area contributed by atoms with Crippen LogP contribution in [0.25, 0.3) is 0 Å². The molecule has 1 aliphatic rings. The first-order chi connectivity index (χ1) is 12.1. The quantitative estimate of drug-likeness (QED) is 0.796. The van der Waals surface area contributed by atoms with E-state index in [1.165, 1.54) is 4.31 Å². The second-order valence-electron chi connectivity index (χ2n) is 7.97. The molecule has 6 nitrogen and oxygen atoms in total. The van der Waals surface area contributed by atoms with Crippen LogP contribution in [0.1, 0.15) is 39.7 Å². The summed E-state index contributed by atoms with van der Waals surface area (Å²) in [6, 6.07) is 6.51. The van der Waals surface area contributed by atoms with E-state index in [4.69, 9.17) is 5.73 Å². The minimum atomic E-state index is -3.53. The monoisotopic (exact) mass is 417 g/mol. The number of hydrogen-bond acceptors (Lipinski definition) is 4. The summed E-state index contributed by atoms with van der Waals surface area (Å²) >= 11 is 0. The molecule has 8 heteroatoms. The van der Waals surface area contributed by atoms with E-state index in [1.54, 1.807) is 17.0 Å². The summed E-state index contributed by atoms with van der Waals surface area (Å²) in [4.78, 5) is 14.5. The number of carbonyl (C=O) groups is 1. The third-order valence-electron chi connectivity index (χ3n) is 4.85. The maximum absolute atomic E-state index is 12.8. The normalized spacial score (nSPS) is 17.3. The third-order valence-corrected chi connectivity index (χ3v) is 6.76. The van der Waals surface area contributed by atoms with Gasteiger partial charge in [0.05, 0.1) is 10.9 Å². The van der Waals surface area contributed by atoms with Crippen molar-refractivity contribution in [2.75, 3.05) is 26.2 Å². The van der Waals surface area contributed by atoms with Gasteiger partial charge in [-0.15, -0.1) is 12.4 Å². The Hall–Kier alpha value is -1.15. The molecule has 1 fully saturated rings. The van der Waals surface area contributed by atoms with Gasteiger partial charge in [-0.3, -0.25) is 4.79 Å². The number of aryl methyl sites for hydroxylation is 1. The number of benzene rings is 1. The average Bonchev–Trinajstić information content (AvgIpc) is 2.60. The smallest absolute Gasteiger partial charge is 0.243 e. The number of halogens is 1. The number of hydrogen-bond donors (Lipinski definition) is 1. The molecule has 0 aliphatic carbocycles. The Morgan fingerprint density at radius 3 is 2.07 bits per heavy atom. The Morgan fingerprint density at radius 2 is 1.63 bits per heavy atom. The van der Waals surface area contributed by atoms with Crippen LogP contribution in [0, 0.1) is 5.41 Å². The van der Waals surface area contributed by atoms with E-state index < -0.39 is 16.1 Å². The van der Waals surface area contributed by atoms with Crippen molar-refractivity contribution in [1.82, 2.24) is 9.21 Å². The minimum Gasteiger partial charge on any atom is -0.339 e. The Labute approximate surface area is 169 Å². The van der Waals surface area contributed by atoms with Crippen molar-refractivity contribution in [1.29, 1.82) is 0 Å². The van der Waals surface area contributed by atoms with Crippen LogP contribution in [0.3, 0.4) is 0 Å². The fourth-order valence-electron chi connectivity index (χ4n) is 2.98. The number of sulfonamides is 1. The van der Waals surface area contributed by atoms with E-state index in [0.29, 0.717) is 31.1 Å². The van der Waals surface area contributed by atoms with Crippen LogP contribution in [0.5, 0.6) is 0 Å². The van der Waals surface area contributed by atoms with Gasteiger partial charge in [-0.05, 0) is 29.5 Å². The van der Waals surface area contributed by atoms with E-state index in [-0.39, 0.29) is 23.7 Å². The predicted octanol–water partition coefficient (Wildman–Crippen LogP) is 2.27. The molecule has 1 aromatic rings. The van der Waals surface area contributed by atoms with E-state index in [2.05, 4.69) is 6.92 Å². The van der Waals surface area contributed by atoms with Crippen LogP contribution in [0.15, 0.2) is 29.2 Å². The highest BCUT2D eigenvalue weighted by atomic mass is 35.5. The molecule has 2 rings (SSSR count). The molecule has 0 spiro atoms. The van der Waals surface area contributed by atoms with Crippen molar-refractivity contribution in [2.45, 2.75) is 51.5 Å². The highest BCUT2D eigenvalue weighted by molar-refractivity contribution is 7.89. The number of amides is 1. The van der Waals surface area contributed by atoms with Gasteiger partial charge in [-0.25, -0.2) is 8.42 Å². The van der Waals surface area contributed by atoms with Crippen LogP contribution < -0.4 is 5.73 Å². The number of piperazine rings is 1. The van der Waals surface area contributed by atoms with Crippen molar-refractivity contribution in [3.8, 4) is 0 Å². The van der Waals surface area contributed by atoms with Gasteiger partial charge in [0, 0.05) is 26.2 Å². The lowest BCUT2D eigenvalue weighted by molar-refractivity contribution is -0.136. The molecule has 1 heterocycles. The van der Waals surface area contributed by atoms with Gasteiger partial charge in [0.15, 0.2) is 0 Å². The zero-order valence-corrected chi connectivity index (χ0v) is 18.3. The van der Waals surface area contributed by atoms with Crippen LogP contribution in [0.4, 0.5) is 0 Å². The van der Waals surface area contributed by atoms with Crippen LogP contribution in [-0.4, -0.2) is 55.8 Å². The summed E-state index contributed by atoms with van der Waals surface area (Å²) in [7, 11) is -3.53. The second kappa shape index (κ2) is 9.37. The summed E-state index contributed by atoms with van der Waals surface area (Å²) in [6.45, 7) is 9.21. The summed E-state index contributed by atoms with van der Waals surface area (Å²) in [5.74, 6) is -0.113. The molecule has 0 unspecified atom stereocenters. The molecule has 1 aliphatic heterocycles. The molecule has 27 heavy (non-hydrogen) atoms. The average molecular weight is 418 g/mol. The third kappa shape index (κ3) is 5.67. The topological polar surface area (TPSA) is 83.7 Å². The van der Waals surface area contributed by atoms with E-state index in [1.807, 2.05) is 32.9 Å². The van der Waals surface area contributed by atoms with Crippen molar-refractivity contribution in [3.63, 3.8) is 0 Å². The summed E-state index contributed by atoms with van der Waals surface area (Å²) in [6.07, 6.45) is 1.97. The molecule has 1 saturated heterocycles. The van der Waals surface area contributed by atoms with Gasteiger partial charge < -0.3 is 10.6 Å². The lowest BCUT2D eigenvalue weighted by Gasteiger charge is -2.37. The maximum Gasteiger partial charge on any atom is 0.243 e. The fourth-order valence-corrected chi connectivity index (χ4v) is 4.40. The molecule has 154 valence electrons. The van der Waals surface area contributed by atoms with E-state index in [9.17, 15) is 13.2 Å². The van der Waals surface area contributed by atoms with Gasteiger partial charge in [0.25, 0.3) is 0 Å². The Balaban J connectivity index is 0.00000364. The Bertz CT molecular complexity index is 722. The molecule has 1 amide bonds. The zero-order valence-electron chi connectivity index (χ0n) is 16.6. The first kappa shape index (κ1) is 23.9. The highest BCUT2D eigenvalue weighted by Gasteiger charge is 2.35. The number of rotatable bonds is 5. The van der Waals surface area contributed by atoms with Crippen molar-refractivity contribution in [2.24, 2.45) is 11.1 Å². The molecule has 0 aromatic heterocycles. The SMILES string of the molecule is CCCc1ccc(S(=O)(=O)N2CCN(C(=O)[C@@H](N)C(C)(C)C)CC2)cc1.Cl. The lowest BCUT2D eigenvalue weighted by Crippen LogP contribution is -2.56. The fraction of sp³-hybridized carbons (Fsp3) is 0.632. The van der Waals surface area contributed by atoms with Gasteiger partial charge in [0.2, 0.25) is 15.9 Å². The Morgan fingerprint density at radius 1 is 1.11 bits per heavy atom. The standard InChI is InChI=1S/C19H31N3O3S.ClH/c1-5-6-15-7-9-16(10-8-15)26(24,25)22-13-11-21(12-14-22)18(23)17(20)19(2,3)4;/h7-10,17H,5-6,11-14,20H2,1-4H3;1H/t17-;/m1./s1. The second-order valence-corrected chi connectivity index (χ2v) is 9.90. The first-order valence-electron chi connectivity index (χ1n) is 9.21. The molecule has 2 N–H and O–H groups in total. The van der Waals surface area contributed by atoms with Crippen LogP contribution in [-0.2, 0) is 21.2 Å². The molecule has 0 radical (unpaired) electrons. The first-order valence-corrected chi connectivity index (χ1v) is 10.6. The van der Waals surface area contributed by atoms with Gasteiger partial charge >= 0.3 is 0 Å². The van der Waals surface area contributed by atoms with Crippen LogP contribution in [0.2, 0.25) is 0 Å². The van der Waals surface area contributed by atoms with Gasteiger partial charge in [-0.2, -0.15) is 4.31 Å². The van der Waals surface area contributed by atoms with Gasteiger partial charge in [-0.1, -0.05) is 46.2 Å². The molecular weight excluding hydrogens is 386 g/mol. The molecule has 0 saturated carbocycles. The zero-order chi connectivity index (χ0) is 19.5. The minimum absolute atomic E-state index is 0. The van der Waals surface area contributed by atoms with E-state index in [0.717, 1.165) is 18.4 Å². The molecule has 0 bridgehead atoms. The highest BCUT2D eigenvalue weighted by Crippen LogP contribution is 2.22. The van der Waals surface area contributed by atoms with Crippen molar-refractivity contribution >= 4 is 28.3 Å². The number of nitrogens with two attached hydrogens (primary N) is 1. The summed E-state index contributed by atoms with van der Waals surface area (Å²) in [5, 5.41) is 0. The maximum atomic E-state index is 12.8. The van der Waals surface area contributed by atoms with Crippen molar-refractivity contribution < 1.29 is 13.2 Å². The summed E-state index contributed by atoms with van der Waals surface area (Å²) in [5.41, 5.74) is 6.87. The summed E-state index contributed by atoms with van der Waals surface area (Å²) < 4.78 is 27.1. The molecule has 1 atom stereocenters. The largest absolute Gasteiger partial charge is 0.339 e. The predicted molar refractivity (Wildman–Crippen MR) is 110 cm³/mol. The number of carbonyl (C=O) groups excluding carboxylic acids is 1. The van der Waals surface area contributed by atoms with Crippen molar-refractivity contribution in [3.05, 3.63) is 29.8 Å².